The van der Waals surface area contributed by atoms with Crippen LogP contribution in [-0.2, 0) is 4.79 Å². The second kappa shape index (κ2) is 7.40. The average molecular weight is 304 g/mol. The molecule has 0 aliphatic heterocycles. The molecule has 22 heavy (non-hydrogen) atoms. The predicted octanol–water partition coefficient (Wildman–Crippen LogP) is 2.07. The number of carbonyl (C=O) groups is 2. The van der Waals surface area contributed by atoms with Crippen LogP contribution in [0, 0.1) is 5.82 Å². The molecular formula is C16H17FN2O3. The smallest absolute Gasteiger partial charge is 0.287 e. The van der Waals surface area contributed by atoms with E-state index in [1.165, 1.54) is 24.5 Å². The maximum atomic E-state index is 12.8. The van der Waals surface area contributed by atoms with Gasteiger partial charge in [0, 0.05) is 6.54 Å². The first-order valence-corrected chi connectivity index (χ1v) is 6.90. The van der Waals surface area contributed by atoms with Crippen LogP contribution in [0.3, 0.4) is 0 Å². The van der Waals surface area contributed by atoms with E-state index in [-0.39, 0.29) is 29.9 Å². The van der Waals surface area contributed by atoms with Crippen molar-refractivity contribution in [3.8, 4) is 0 Å². The highest BCUT2D eigenvalue weighted by Gasteiger charge is 2.11. The summed E-state index contributed by atoms with van der Waals surface area (Å²) < 4.78 is 17.8. The molecule has 1 aromatic heterocycles. The van der Waals surface area contributed by atoms with Crippen LogP contribution in [0.25, 0.3) is 0 Å². The van der Waals surface area contributed by atoms with E-state index in [0.717, 1.165) is 5.56 Å². The molecule has 1 heterocycles. The van der Waals surface area contributed by atoms with Crippen LogP contribution in [0.4, 0.5) is 4.39 Å². The number of hydrogen-bond acceptors (Lipinski definition) is 3. The van der Waals surface area contributed by atoms with Gasteiger partial charge >= 0.3 is 0 Å². The highest BCUT2D eigenvalue weighted by Crippen LogP contribution is 2.14. The van der Waals surface area contributed by atoms with Crippen LogP contribution < -0.4 is 10.6 Å². The molecular weight excluding hydrogens is 287 g/mol. The Balaban J connectivity index is 1.73. The summed E-state index contributed by atoms with van der Waals surface area (Å²) in [6.07, 6.45) is 1.39. The highest BCUT2D eigenvalue weighted by atomic mass is 19.1. The van der Waals surface area contributed by atoms with Gasteiger partial charge in [-0.2, -0.15) is 0 Å². The second-order valence-electron chi connectivity index (χ2n) is 4.92. The van der Waals surface area contributed by atoms with Gasteiger partial charge in [0.25, 0.3) is 5.91 Å². The van der Waals surface area contributed by atoms with Crippen LogP contribution >= 0.6 is 0 Å². The number of halogens is 1. The Bertz CT molecular complexity index is 623. The van der Waals surface area contributed by atoms with E-state index in [1.54, 1.807) is 18.2 Å². The molecule has 1 aromatic carbocycles. The van der Waals surface area contributed by atoms with Gasteiger partial charge < -0.3 is 15.1 Å². The molecule has 0 aliphatic carbocycles. The molecule has 6 heteroatoms. The molecule has 0 saturated heterocycles. The fourth-order valence-electron chi connectivity index (χ4n) is 1.89. The molecule has 0 fully saturated rings. The molecule has 0 spiro atoms. The van der Waals surface area contributed by atoms with Gasteiger partial charge in [0.2, 0.25) is 5.91 Å². The topological polar surface area (TPSA) is 71.3 Å². The van der Waals surface area contributed by atoms with Gasteiger partial charge in [-0.05, 0) is 35.7 Å². The summed E-state index contributed by atoms with van der Waals surface area (Å²) in [5.74, 6) is -0.820. The first kappa shape index (κ1) is 15.8. The summed E-state index contributed by atoms with van der Waals surface area (Å²) in [6.45, 7) is 2.20. The predicted molar refractivity (Wildman–Crippen MR) is 78.9 cm³/mol. The summed E-state index contributed by atoms with van der Waals surface area (Å²) >= 11 is 0. The third-order valence-corrected chi connectivity index (χ3v) is 3.20. The van der Waals surface area contributed by atoms with Crippen molar-refractivity contribution in [2.45, 2.75) is 12.8 Å². The Morgan fingerprint density at radius 3 is 2.55 bits per heavy atom. The quantitative estimate of drug-likeness (QED) is 0.858. The van der Waals surface area contributed by atoms with Gasteiger partial charge in [0.15, 0.2) is 5.76 Å². The van der Waals surface area contributed by atoms with Crippen molar-refractivity contribution in [3.05, 3.63) is 59.8 Å². The zero-order valence-electron chi connectivity index (χ0n) is 12.1. The molecule has 2 rings (SSSR count). The Labute approximate surface area is 127 Å². The van der Waals surface area contributed by atoms with E-state index in [9.17, 15) is 14.0 Å². The molecule has 2 amide bonds. The fourth-order valence-corrected chi connectivity index (χ4v) is 1.89. The van der Waals surface area contributed by atoms with Crippen molar-refractivity contribution < 1.29 is 18.4 Å². The third-order valence-electron chi connectivity index (χ3n) is 3.20. The summed E-state index contributed by atoms with van der Waals surface area (Å²) in [4.78, 5) is 23.3. The molecule has 1 atom stereocenters. The van der Waals surface area contributed by atoms with Crippen molar-refractivity contribution in [2.75, 3.05) is 13.1 Å². The molecule has 5 nitrogen and oxygen atoms in total. The van der Waals surface area contributed by atoms with Crippen molar-refractivity contribution in [1.29, 1.82) is 0 Å². The second-order valence-corrected chi connectivity index (χ2v) is 4.92. The van der Waals surface area contributed by atoms with E-state index < -0.39 is 5.91 Å². The number of furan rings is 1. The Kier molecular flexibility index (Phi) is 5.30. The lowest BCUT2D eigenvalue weighted by atomic mass is 10.0. The van der Waals surface area contributed by atoms with Gasteiger partial charge in [-0.3, -0.25) is 9.59 Å². The van der Waals surface area contributed by atoms with Crippen LogP contribution in [0.15, 0.2) is 47.1 Å². The number of amides is 2. The number of rotatable bonds is 6. The standard InChI is InChI=1S/C16H17FN2O3/c1-11(12-4-6-13(17)7-5-12)9-18-15(20)10-19-16(21)14-3-2-8-22-14/h2-8,11H,9-10H2,1H3,(H,18,20)(H,19,21). The maximum Gasteiger partial charge on any atom is 0.287 e. The van der Waals surface area contributed by atoms with Crippen molar-refractivity contribution >= 4 is 11.8 Å². The Morgan fingerprint density at radius 1 is 1.18 bits per heavy atom. The minimum absolute atomic E-state index is 0.0466. The monoisotopic (exact) mass is 304 g/mol. The molecule has 0 bridgehead atoms. The SMILES string of the molecule is CC(CNC(=O)CNC(=O)c1ccco1)c1ccc(F)cc1. The minimum Gasteiger partial charge on any atom is -0.459 e. The highest BCUT2D eigenvalue weighted by molar-refractivity contribution is 5.94. The fraction of sp³-hybridized carbons (Fsp3) is 0.250. The molecule has 0 saturated carbocycles. The van der Waals surface area contributed by atoms with Gasteiger partial charge in [-0.25, -0.2) is 4.39 Å². The number of hydrogen-bond donors (Lipinski definition) is 2. The molecule has 0 radical (unpaired) electrons. The number of nitrogens with one attached hydrogen (secondary N) is 2. The van der Waals surface area contributed by atoms with E-state index in [0.29, 0.717) is 6.54 Å². The lowest BCUT2D eigenvalue weighted by Gasteiger charge is -2.13. The van der Waals surface area contributed by atoms with Crippen LogP contribution in [0.2, 0.25) is 0 Å². The van der Waals surface area contributed by atoms with Gasteiger partial charge in [-0.15, -0.1) is 0 Å². The van der Waals surface area contributed by atoms with E-state index in [2.05, 4.69) is 10.6 Å². The summed E-state index contributed by atoms with van der Waals surface area (Å²) in [7, 11) is 0. The average Bonchev–Trinajstić information content (AvgIpc) is 3.05. The zero-order valence-corrected chi connectivity index (χ0v) is 12.1. The molecule has 0 aliphatic rings. The molecule has 1 unspecified atom stereocenters. The van der Waals surface area contributed by atoms with Crippen LogP contribution in [0.5, 0.6) is 0 Å². The number of benzene rings is 1. The molecule has 116 valence electrons. The molecule has 2 aromatic rings. The number of carbonyl (C=O) groups excluding carboxylic acids is 2. The Morgan fingerprint density at radius 2 is 1.91 bits per heavy atom. The lowest BCUT2D eigenvalue weighted by Crippen LogP contribution is -2.38. The van der Waals surface area contributed by atoms with Crippen LogP contribution in [-0.4, -0.2) is 24.9 Å². The maximum absolute atomic E-state index is 12.8. The summed E-state index contributed by atoms with van der Waals surface area (Å²) in [5, 5.41) is 5.18. The van der Waals surface area contributed by atoms with Crippen molar-refractivity contribution in [1.82, 2.24) is 10.6 Å². The van der Waals surface area contributed by atoms with Gasteiger partial charge in [0.1, 0.15) is 5.82 Å². The van der Waals surface area contributed by atoms with Gasteiger partial charge in [0.05, 0.1) is 12.8 Å². The van der Waals surface area contributed by atoms with E-state index >= 15 is 0 Å². The van der Waals surface area contributed by atoms with E-state index in [1.807, 2.05) is 6.92 Å². The first-order chi connectivity index (χ1) is 10.6. The van der Waals surface area contributed by atoms with E-state index in [4.69, 9.17) is 4.42 Å². The minimum atomic E-state index is -0.438. The summed E-state index contributed by atoms with van der Waals surface area (Å²) in [5.41, 5.74) is 0.932. The van der Waals surface area contributed by atoms with Crippen molar-refractivity contribution in [2.24, 2.45) is 0 Å². The van der Waals surface area contributed by atoms with Crippen LogP contribution in [0.1, 0.15) is 29.0 Å². The Hall–Kier alpha value is -2.63. The largest absolute Gasteiger partial charge is 0.459 e. The summed E-state index contributed by atoms with van der Waals surface area (Å²) in [6, 6.07) is 9.26. The first-order valence-electron chi connectivity index (χ1n) is 6.90. The normalized spacial score (nSPS) is 11.7. The van der Waals surface area contributed by atoms with Crippen molar-refractivity contribution in [3.63, 3.8) is 0 Å². The van der Waals surface area contributed by atoms with Gasteiger partial charge in [-0.1, -0.05) is 19.1 Å². The zero-order chi connectivity index (χ0) is 15.9. The molecule has 2 N–H and O–H groups in total. The lowest BCUT2D eigenvalue weighted by molar-refractivity contribution is -0.120. The third kappa shape index (κ3) is 4.44.